The van der Waals surface area contributed by atoms with Gasteiger partial charge in [0.25, 0.3) is 0 Å². The number of sulfone groups is 1. The summed E-state index contributed by atoms with van der Waals surface area (Å²) in [5.74, 6) is 0.259. The van der Waals surface area contributed by atoms with Gasteiger partial charge in [0.15, 0.2) is 0 Å². The quantitative estimate of drug-likeness (QED) is 0.774. The molecule has 0 bridgehead atoms. The van der Waals surface area contributed by atoms with E-state index in [1.54, 1.807) is 18.6 Å². The van der Waals surface area contributed by atoms with Crippen molar-refractivity contribution in [3.05, 3.63) is 35.4 Å². The minimum atomic E-state index is -3.37. The van der Waals surface area contributed by atoms with E-state index in [4.69, 9.17) is 5.73 Å². The van der Waals surface area contributed by atoms with Crippen molar-refractivity contribution in [2.75, 3.05) is 18.5 Å². The highest BCUT2D eigenvalue weighted by molar-refractivity contribution is 7.90. The molecule has 2 aromatic heterocycles. The topological polar surface area (TPSA) is 115 Å². The van der Waals surface area contributed by atoms with E-state index < -0.39 is 9.84 Å². The molecule has 0 aromatic carbocycles. The van der Waals surface area contributed by atoms with Crippen LogP contribution >= 0.6 is 0 Å². The standard InChI is InChI=1S/C13H16N6O2S/c1-22(20,21)13-17-6-10-8-19(3-2-11(10)18-13)7-9-4-15-12(14)16-5-9/h4-6H,2-3,7-8H2,1H3,(H2,14,15,16). The molecule has 22 heavy (non-hydrogen) atoms. The average Bonchev–Trinajstić information content (AvgIpc) is 2.48. The zero-order valence-electron chi connectivity index (χ0n) is 12.1. The van der Waals surface area contributed by atoms with Crippen molar-refractivity contribution in [1.29, 1.82) is 0 Å². The molecule has 8 nitrogen and oxygen atoms in total. The van der Waals surface area contributed by atoms with Crippen LogP contribution in [-0.4, -0.2) is 46.1 Å². The van der Waals surface area contributed by atoms with Crippen LogP contribution in [0.2, 0.25) is 0 Å². The molecule has 2 aromatic rings. The van der Waals surface area contributed by atoms with Crippen molar-refractivity contribution in [3.63, 3.8) is 0 Å². The molecule has 0 saturated carbocycles. The van der Waals surface area contributed by atoms with Crippen molar-refractivity contribution in [1.82, 2.24) is 24.8 Å². The van der Waals surface area contributed by atoms with Crippen LogP contribution in [0.3, 0.4) is 0 Å². The van der Waals surface area contributed by atoms with E-state index in [9.17, 15) is 8.42 Å². The molecule has 9 heteroatoms. The summed E-state index contributed by atoms with van der Waals surface area (Å²) in [6.45, 7) is 2.16. The van der Waals surface area contributed by atoms with Crippen molar-refractivity contribution in [3.8, 4) is 0 Å². The number of hydrogen-bond donors (Lipinski definition) is 1. The Morgan fingerprint density at radius 2 is 1.95 bits per heavy atom. The first-order valence-corrected chi connectivity index (χ1v) is 8.64. The Bertz CT molecular complexity index is 791. The first-order valence-electron chi connectivity index (χ1n) is 6.75. The molecule has 0 unspecified atom stereocenters. The lowest BCUT2D eigenvalue weighted by Crippen LogP contribution is -2.31. The maximum absolute atomic E-state index is 11.5. The van der Waals surface area contributed by atoms with Gasteiger partial charge in [0.2, 0.25) is 20.9 Å². The molecular weight excluding hydrogens is 304 g/mol. The molecule has 0 saturated heterocycles. The number of nitrogens with zero attached hydrogens (tertiary/aromatic N) is 5. The third-order valence-corrected chi connectivity index (χ3v) is 4.31. The summed E-state index contributed by atoms with van der Waals surface area (Å²) in [4.78, 5) is 18.3. The summed E-state index contributed by atoms with van der Waals surface area (Å²) in [6.07, 6.45) is 6.83. The minimum Gasteiger partial charge on any atom is -0.368 e. The Labute approximate surface area is 128 Å². The van der Waals surface area contributed by atoms with E-state index in [0.29, 0.717) is 19.5 Å². The van der Waals surface area contributed by atoms with Gasteiger partial charge in [-0.25, -0.2) is 28.4 Å². The summed E-state index contributed by atoms with van der Waals surface area (Å²) in [5.41, 5.74) is 8.21. The lowest BCUT2D eigenvalue weighted by atomic mass is 10.1. The van der Waals surface area contributed by atoms with Gasteiger partial charge < -0.3 is 5.73 Å². The Hall–Kier alpha value is -2.13. The van der Waals surface area contributed by atoms with Gasteiger partial charge in [0, 0.05) is 62.0 Å². The Morgan fingerprint density at radius 1 is 1.23 bits per heavy atom. The highest BCUT2D eigenvalue weighted by Crippen LogP contribution is 2.19. The van der Waals surface area contributed by atoms with Crippen LogP contribution in [0.25, 0.3) is 0 Å². The summed E-state index contributed by atoms with van der Waals surface area (Å²) in [5, 5.41) is -0.105. The van der Waals surface area contributed by atoms with Crippen molar-refractivity contribution >= 4 is 15.8 Å². The molecule has 1 aliphatic heterocycles. The normalized spacial score (nSPS) is 15.5. The summed E-state index contributed by atoms with van der Waals surface area (Å²) in [6, 6.07) is 0. The smallest absolute Gasteiger partial charge is 0.246 e. The van der Waals surface area contributed by atoms with Crippen LogP contribution in [0.1, 0.15) is 16.8 Å². The lowest BCUT2D eigenvalue weighted by Gasteiger charge is -2.27. The van der Waals surface area contributed by atoms with Crippen molar-refractivity contribution in [2.24, 2.45) is 0 Å². The fourth-order valence-corrected chi connectivity index (χ4v) is 2.89. The number of hydrogen-bond acceptors (Lipinski definition) is 8. The number of nitrogens with two attached hydrogens (primary N) is 1. The Balaban J connectivity index is 1.75. The molecule has 3 rings (SSSR count). The Morgan fingerprint density at radius 3 is 2.64 bits per heavy atom. The number of aromatic nitrogens is 4. The predicted octanol–water partition coefficient (Wildman–Crippen LogP) is -0.189. The largest absolute Gasteiger partial charge is 0.368 e. The third kappa shape index (κ3) is 3.20. The van der Waals surface area contributed by atoms with E-state index >= 15 is 0 Å². The maximum Gasteiger partial charge on any atom is 0.246 e. The van der Waals surface area contributed by atoms with Crippen LogP contribution < -0.4 is 5.73 Å². The van der Waals surface area contributed by atoms with Gasteiger partial charge in [-0.3, -0.25) is 4.90 Å². The van der Waals surface area contributed by atoms with Crippen molar-refractivity contribution < 1.29 is 8.42 Å². The molecular formula is C13H16N6O2S. The minimum absolute atomic E-state index is 0.105. The van der Waals surface area contributed by atoms with Gasteiger partial charge in [0.05, 0.1) is 5.69 Å². The fraction of sp³-hybridized carbons (Fsp3) is 0.385. The molecule has 0 radical (unpaired) electrons. The third-order valence-electron chi connectivity index (χ3n) is 3.45. The van der Waals surface area contributed by atoms with Gasteiger partial charge in [0.1, 0.15) is 0 Å². The molecule has 0 fully saturated rings. The van der Waals surface area contributed by atoms with Gasteiger partial charge >= 0.3 is 0 Å². The molecule has 0 atom stereocenters. The van der Waals surface area contributed by atoms with Gasteiger partial charge in [-0.1, -0.05) is 0 Å². The van der Waals surface area contributed by atoms with Gasteiger partial charge in [-0.15, -0.1) is 0 Å². The van der Waals surface area contributed by atoms with Crippen LogP contribution in [0, 0.1) is 0 Å². The van der Waals surface area contributed by atoms with E-state index in [1.807, 2.05) is 0 Å². The van der Waals surface area contributed by atoms with Crippen LogP contribution in [0.4, 0.5) is 5.95 Å². The number of anilines is 1. The average molecular weight is 320 g/mol. The SMILES string of the molecule is CS(=O)(=O)c1ncc2c(n1)CCN(Cc1cnc(N)nc1)C2. The first kappa shape index (κ1) is 14.8. The zero-order valence-corrected chi connectivity index (χ0v) is 12.9. The van der Waals surface area contributed by atoms with E-state index in [2.05, 4.69) is 24.8 Å². The van der Waals surface area contributed by atoms with Crippen LogP contribution in [0.15, 0.2) is 23.7 Å². The molecule has 2 N–H and O–H groups in total. The highest BCUT2D eigenvalue weighted by atomic mass is 32.2. The first-order chi connectivity index (χ1) is 10.4. The molecule has 0 amide bonds. The van der Waals surface area contributed by atoms with Crippen LogP contribution in [0.5, 0.6) is 0 Å². The molecule has 0 aliphatic carbocycles. The van der Waals surface area contributed by atoms with Crippen molar-refractivity contribution in [2.45, 2.75) is 24.7 Å². The monoisotopic (exact) mass is 320 g/mol. The summed E-state index contributed by atoms with van der Waals surface area (Å²) >= 11 is 0. The molecule has 3 heterocycles. The highest BCUT2D eigenvalue weighted by Gasteiger charge is 2.21. The second-order valence-electron chi connectivity index (χ2n) is 5.31. The fourth-order valence-electron chi connectivity index (χ4n) is 2.37. The predicted molar refractivity (Wildman–Crippen MR) is 79.4 cm³/mol. The van der Waals surface area contributed by atoms with E-state index in [0.717, 1.165) is 29.6 Å². The summed E-state index contributed by atoms with van der Waals surface area (Å²) < 4.78 is 23.0. The van der Waals surface area contributed by atoms with Gasteiger partial charge in [-0.05, 0) is 0 Å². The molecule has 1 aliphatic rings. The lowest BCUT2D eigenvalue weighted by molar-refractivity contribution is 0.241. The zero-order chi connectivity index (χ0) is 15.7. The Kier molecular flexibility index (Phi) is 3.75. The van der Waals surface area contributed by atoms with Gasteiger partial charge in [-0.2, -0.15) is 0 Å². The maximum atomic E-state index is 11.5. The second kappa shape index (κ2) is 5.58. The van der Waals surface area contributed by atoms with Crippen LogP contribution in [-0.2, 0) is 29.3 Å². The number of fused-ring (bicyclic) bond motifs is 1. The number of nitrogen functional groups attached to an aromatic ring is 1. The molecule has 0 spiro atoms. The number of rotatable bonds is 3. The summed E-state index contributed by atoms with van der Waals surface area (Å²) in [7, 11) is -3.37. The molecule has 116 valence electrons. The van der Waals surface area contributed by atoms with E-state index in [1.165, 1.54) is 0 Å². The van der Waals surface area contributed by atoms with E-state index in [-0.39, 0.29) is 11.1 Å². The second-order valence-corrected chi connectivity index (χ2v) is 7.22.